The molecule has 0 saturated carbocycles. The van der Waals surface area contributed by atoms with Crippen LogP contribution in [-0.4, -0.2) is 14.8 Å². The fourth-order valence-electron chi connectivity index (χ4n) is 2.33. The number of unbranched alkanes of at least 4 members (excludes halogenated alkanes) is 1. The second-order valence-electron chi connectivity index (χ2n) is 4.97. The third-order valence-corrected chi connectivity index (χ3v) is 3.43. The molecule has 2 rings (SSSR count). The van der Waals surface area contributed by atoms with Gasteiger partial charge in [0.25, 0.3) is 0 Å². The monoisotopic (exact) mass is 222 g/mol. The topological polar surface area (TPSA) is 56.7 Å². The molecule has 4 heteroatoms. The first-order valence-electron chi connectivity index (χ1n) is 6.40. The van der Waals surface area contributed by atoms with E-state index >= 15 is 0 Å². The van der Waals surface area contributed by atoms with E-state index in [1.54, 1.807) is 0 Å². The van der Waals surface area contributed by atoms with Gasteiger partial charge in [-0.2, -0.15) is 0 Å². The van der Waals surface area contributed by atoms with Gasteiger partial charge in [-0.1, -0.05) is 26.7 Å². The molecule has 2 unspecified atom stereocenters. The van der Waals surface area contributed by atoms with Crippen molar-refractivity contribution in [3.05, 3.63) is 11.6 Å². The molecule has 0 radical (unpaired) electrons. The van der Waals surface area contributed by atoms with Gasteiger partial charge in [-0.25, -0.2) is 0 Å². The lowest BCUT2D eigenvalue weighted by Crippen LogP contribution is -2.22. The van der Waals surface area contributed by atoms with Gasteiger partial charge in [-0.05, 0) is 18.8 Å². The van der Waals surface area contributed by atoms with Crippen LogP contribution in [0.4, 0.5) is 0 Å². The first-order valence-corrected chi connectivity index (χ1v) is 6.40. The van der Waals surface area contributed by atoms with Crippen molar-refractivity contribution in [2.24, 2.45) is 11.7 Å². The predicted octanol–water partition coefficient (Wildman–Crippen LogP) is 2.05. The summed E-state index contributed by atoms with van der Waals surface area (Å²) >= 11 is 0. The maximum atomic E-state index is 6.16. The van der Waals surface area contributed by atoms with Gasteiger partial charge in [0.1, 0.15) is 11.6 Å². The summed E-state index contributed by atoms with van der Waals surface area (Å²) in [5.74, 6) is 2.85. The minimum absolute atomic E-state index is 0.0645. The molecule has 2 atom stereocenters. The molecule has 4 nitrogen and oxygen atoms in total. The molecule has 2 N–H and O–H groups in total. The third-order valence-electron chi connectivity index (χ3n) is 3.43. The molecule has 0 bridgehead atoms. The molecule has 0 amide bonds. The number of nitrogens with zero attached hydrogens (tertiary/aromatic N) is 3. The average molecular weight is 222 g/mol. The zero-order valence-electron chi connectivity index (χ0n) is 10.3. The van der Waals surface area contributed by atoms with Gasteiger partial charge in [-0.3, -0.25) is 0 Å². The fourth-order valence-corrected chi connectivity index (χ4v) is 2.33. The first kappa shape index (κ1) is 11.6. The summed E-state index contributed by atoms with van der Waals surface area (Å²) in [5, 5.41) is 8.54. The Morgan fingerprint density at radius 3 is 3.06 bits per heavy atom. The van der Waals surface area contributed by atoms with Crippen molar-refractivity contribution in [1.29, 1.82) is 0 Å². The molecule has 16 heavy (non-hydrogen) atoms. The van der Waals surface area contributed by atoms with Crippen molar-refractivity contribution in [1.82, 2.24) is 14.8 Å². The van der Waals surface area contributed by atoms with Gasteiger partial charge in [-0.15, -0.1) is 10.2 Å². The smallest absolute Gasteiger partial charge is 0.149 e. The molecule has 1 aromatic rings. The van der Waals surface area contributed by atoms with Crippen LogP contribution in [-0.2, 0) is 13.0 Å². The minimum atomic E-state index is 0.0645. The standard InChI is InChI=1S/C12H22N4/c1-3-4-5-10(13)12-15-14-11-8-9(2)6-7-16(11)12/h9-10H,3-8,13H2,1-2H3. The van der Waals surface area contributed by atoms with Crippen molar-refractivity contribution in [3.63, 3.8) is 0 Å². The number of fused-ring (bicyclic) bond motifs is 1. The summed E-state index contributed by atoms with van der Waals surface area (Å²) in [5.41, 5.74) is 6.16. The van der Waals surface area contributed by atoms with Crippen LogP contribution in [0, 0.1) is 5.92 Å². The Labute approximate surface area is 97.2 Å². The van der Waals surface area contributed by atoms with E-state index in [9.17, 15) is 0 Å². The van der Waals surface area contributed by atoms with E-state index in [-0.39, 0.29) is 6.04 Å². The van der Waals surface area contributed by atoms with E-state index < -0.39 is 0 Å². The van der Waals surface area contributed by atoms with Gasteiger partial charge >= 0.3 is 0 Å². The van der Waals surface area contributed by atoms with Crippen LogP contribution >= 0.6 is 0 Å². The maximum Gasteiger partial charge on any atom is 0.149 e. The van der Waals surface area contributed by atoms with Crippen LogP contribution in [0.25, 0.3) is 0 Å². The Kier molecular flexibility index (Phi) is 3.59. The first-order chi connectivity index (χ1) is 7.72. The van der Waals surface area contributed by atoms with E-state index in [1.165, 1.54) is 19.3 Å². The number of aromatic nitrogens is 3. The van der Waals surface area contributed by atoms with E-state index in [1.807, 2.05) is 0 Å². The number of hydrogen-bond donors (Lipinski definition) is 1. The lowest BCUT2D eigenvalue weighted by atomic mass is 10.00. The molecule has 1 aliphatic rings. The molecule has 1 aromatic heterocycles. The lowest BCUT2D eigenvalue weighted by Gasteiger charge is -2.21. The zero-order valence-corrected chi connectivity index (χ0v) is 10.3. The number of nitrogens with two attached hydrogens (primary N) is 1. The van der Waals surface area contributed by atoms with E-state index in [0.717, 1.165) is 37.0 Å². The van der Waals surface area contributed by atoms with Crippen molar-refractivity contribution < 1.29 is 0 Å². The van der Waals surface area contributed by atoms with Gasteiger partial charge in [0.2, 0.25) is 0 Å². The van der Waals surface area contributed by atoms with E-state index in [2.05, 4.69) is 28.6 Å². The number of hydrogen-bond acceptors (Lipinski definition) is 3. The molecule has 0 saturated heterocycles. The molecular weight excluding hydrogens is 200 g/mol. The lowest BCUT2D eigenvalue weighted by molar-refractivity contribution is 0.394. The highest BCUT2D eigenvalue weighted by Gasteiger charge is 2.22. The van der Waals surface area contributed by atoms with Gasteiger partial charge in [0.05, 0.1) is 6.04 Å². The molecule has 0 aliphatic carbocycles. The molecular formula is C12H22N4. The highest BCUT2D eigenvalue weighted by atomic mass is 15.3. The fraction of sp³-hybridized carbons (Fsp3) is 0.833. The molecule has 2 heterocycles. The summed E-state index contributed by atoms with van der Waals surface area (Å²) in [6.45, 7) is 5.50. The van der Waals surface area contributed by atoms with Gasteiger partial charge in [0.15, 0.2) is 0 Å². The highest BCUT2D eigenvalue weighted by molar-refractivity contribution is 5.03. The van der Waals surface area contributed by atoms with Gasteiger partial charge < -0.3 is 10.3 Å². The van der Waals surface area contributed by atoms with Gasteiger partial charge in [0, 0.05) is 13.0 Å². The minimum Gasteiger partial charge on any atom is -0.321 e. The molecule has 0 spiro atoms. The molecule has 90 valence electrons. The van der Waals surface area contributed by atoms with Crippen LogP contribution in [0.2, 0.25) is 0 Å². The highest BCUT2D eigenvalue weighted by Crippen LogP contribution is 2.23. The van der Waals surface area contributed by atoms with Crippen LogP contribution in [0.5, 0.6) is 0 Å². The summed E-state index contributed by atoms with van der Waals surface area (Å²) in [6, 6.07) is 0.0645. The van der Waals surface area contributed by atoms with Crippen molar-refractivity contribution in [2.45, 2.75) is 58.5 Å². The zero-order chi connectivity index (χ0) is 11.5. The Morgan fingerprint density at radius 1 is 1.50 bits per heavy atom. The van der Waals surface area contributed by atoms with E-state index in [4.69, 9.17) is 5.73 Å². The van der Waals surface area contributed by atoms with Crippen LogP contribution in [0.15, 0.2) is 0 Å². The molecule has 0 aromatic carbocycles. The second-order valence-corrected chi connectivity index (χ2v) is 4.97. The quantitative estimate of drug-likeness (QED) is 0.848. The van der Waals surface area contributed by atoms with Crippen LogP contribution in [0.3, 0.4) is 0 Å². The molecule has 1 aliphatic heterocycles. The third kappa shape index (κ3) is 2.26. The van der Waals surface area contributed by atoms with Crippen molar-refractivity contribution in [2.75, 3.05) is 0 Å². The largest absolute Gasteiger partial charge is 0.321 e. The summed E-state index contributed by atoms with van der Waals surface area (Å²) in [4.78, 5) is 0. The second kappa shape index (κ2) is 4.95. The van der Waals surface area contributed by atoms with E-state index in [0.29, 0.717) is 0 Å². The Hall–Kier alpha value is -0.900. The average Bonchev–Trinajstić information content (AvgIpc) is 2.68. The molecule has 0 fully saturated rings. The summed E-state index contributed by atoms with van der Waals surface area (Å²) in [6.07, 6.45) is 5.64. The summed E-state index contributed by atoms with van der Waals surface area (Å²) in [7, 11) is 0. The normalized spacial score (nSPS) is 21.8. The maximum absolute atomic E-state index is 6.16. The Morgan fingerprint density at radius 2 is 2.31 bits per heavy atom. The van der Waals surface area contributed by atoms with Crippen molar-refractivity contribution in [3.8, 4) is 0 Å². The van der Waals surface area contributed by atoms with Crippen LogP contribution in [0.1, 0.15) is 57.2 Å². The van der Waals surface area contributed by atoms with Crippen molar-refractivity contribution >= 4 is 0 Å². The Balaban J connectivity index is 2.11. The SMILES string of the molecule is CCCCC(N)c1nnc2n1CCC(C)C2. The Bertz CT molecular complexity index is 345. The summed E-state index contributed by atoms with van der Waals surface area (Å²) < 4.78 is 2.24. The predicted molar refractivity (Wildman–Crippen MR) is 64.0 cm³/mol. The number of rotatable bonds is 4. The van der Waals surface area contributed by atoms with Crippen LogP contribution < -0.4 is 5.73 Å².